The van der Waals surface area contributed by atoms with Crippen LogP contribution >= 0.6 is 0 Å². The first-order valence-electron chi connectivity index (χ1n) is 4.54. The van der Waals surface area contributed by atoms with E-state index in [-0.39, 0.29) is 5.56 Å². The summed E-state index contributed by atoms with van der Waals surface area (Å²) < 4.78 is 13.5. The maximum Gasteiger partial charge on any atom is 0.233 e. The summed E-state index contributed by atoms with van der Waals surface area (Å²) in [6.07, 6.45) is 1.66. The molecule has 0 saturated heterocycles. The van der Waals surface area contributed by atoms with E-state index in [9.17, 15) is 9.18 Å². The topological polar surface area (TPSA) is 17.1 Å². The molecular weight excluding hydrogens is 191 g/mol. The standard InChI is InChI=1S/C13H8FO/c14-13-8-10(9-15)6-7-12(13)11-4-2-1-3-5-11/h1-8H. The molecule has 1 nitrogen and oxygen atoms in total. The second-order valence-corrected chi connectivity index (χ2v) is 3.16. The molecule has 2 aromatic rings. The van der Waals surface area contributed by atoms with Gasteiger partial charge in [-0.2, -0.15) is 0 Å². The Bertz CT molecular complexity index is 477. The summed E-state index contributed by atoms with van der Waals surface area (Å²) in [6.45, 7) is 0. The molecule has 2 rings (SSSR count). The van der Waals surface area contributed by atoms with Crippen molar-refractivity contribution in [2.45, 2.75) is 0 Å². The van der Waals surface area contributed by atoms with Gasteiger partial charge in [-0.05, 0) is 11.6 Å². The SMILES string of the molecule is O=[C]c1ccc(-c2ccccc2)c(F)c1. The molecule has 0 aromatic heterocycles. The molecule has 2 aromatic carbocycles. The highest BCUT2D eigenvalue weighted by Crippen LogP contribution is 2.22. The molecule has 0 saturated carbocycles. The Morgan fingerprint density at radius 1 is 1.00 bits per heavy atom. The minimum atomic E-state index is -0.401. The van der Waals surface area contributed by atoms with Crippen LogP contribution in [0.1, 0.15) is 5.56 Å². The number of benzene rings is 2. The van der Waals surface area contributed by atoms with Gasteiger partial charge in [-0.15, -0.1) is 0 Å². The molecule has 0 aliphatic carbocycles. The third-order valence-electron chi connectivity index (χ3n) is 2.17. The summed E-state index contributed by atoms with van der Waals surface area (Å²) in [6, 6.07) is 13.5. The van der Waals surface area contributed by atoms with E-state index in [1.807, 2.05) is 30.3 Å². The van der Waals surface area contributed by atoms with Gasteiger partial charge in [-0.1, -0.05) is 42.5 Å². The van der Waals surface area contributed by atoms with E-state index in [0.717, 1.165) is 5.56 Å². The lowest BCUT2D eigenvalue weighted by Gasteiger charge is -2.02. The lowest BCUT2D eigenvalue weighted by atomic mass is 10.0. The van der Waals surface area contributed by atoms with Crippen molar-refractivity contribution in [1.82, 2.24) is 0 Å². The minimum absolute atomic E-state index is 0.229. The fourth-order valence-corrected chi connectivity index (χ4v) is 1.43. The molecule has 0 fully saturated rings. The van der Waals surface area contributed by atoms with E-state index in [1.54, 1.807) is 18.4 Å². The van der Waals surface area contributed by atoms with Gasteiger partial charge in [0.1, 0.15) is 5.82 Å². The molecule has 73 valence electrons. The van der Waals surface area contributed by atoms with Gasteiger partial charge in [0.2, 0.25) is 6.29 Å². The summed E-state index contributed by atoms with van der Waals surface area (Å²) >= 11 is 0. The maximum absolute atomic E-state index is 13.5. The van der Waals surface area contributed by atoms with Crippen LogP contribution in [0.4, 0.5) is 4.39 Å². The van der Waals surface area contributed by atoms with Gasteiger partial charge < -0.3 is 0 Å². The highest BCUT2D eigenvalue weighted by atomic mass is 19.1. The molecule has 0 bridgehead atoms. The normalized spacial score (nSPS) is 9.93. The van der Waals surface area contributed by atoms with Crippen molar-refractivity contribution in [3.63, 3.8) is 0 Å². The summed E-state index contributed by atoms with van der Waals surface area (Å²) in [5, 5.41) is 0. The van der Waals surface area contributed by atoms with Crippen molar-refractivity contribution in [2.24, 2.45) is 0 Å². The molecule has 0 atom stereocenters. The molecule has 1 radical (unpaired) electrons. The first-order chi connectivity index (χ1) is 7.31. The predicted octanol–water partition coefficient (Wildman–Crippen LogP) is 2.95. The van der Waals surface area contributed by atoms with Crippen LogP contribution in [-0.2, 0) is 4.79 Å². The van der Waals surface area contributed by atoms with Gasteiger partial charge in [0, 0.05) is 11.1 Å². The Hall–Kier alpha value is -1.96. The van der Waals surface area contributed by atoms with Crippen molar-refractivity contribution in [2.75, 3.05) is 0 Å². The highest BCUT2D eigenvalue weighted by Gasteiger charge is 2.05. The fraction of sp³-hybridized carbons (Fsp3) is 0. The van der Waals surface area contributed by atoms with Crippen LogP contribution in [0.3, 0.4) is 0 Å². The van der Waals surface area contributed by atoms with Gasteiger partial charge in [-0.25, -0.2) is 4.39 Å². The van der Waals surface area contributed by atoms with Gasteiger partial charge in [0.25, 0.3) is 0 Å². The van der Waals surface area contributed by atoms with E-state index < -0.39 is 5.82 Å². The van der Waals surface area contributed by atoms with E-state index >= 15 is 0 Å². The van der Waals surface area contributed by atoms with Gasteiger partial charge in [0.05, 0.1) is 0 Å². The lowest BCUT2D eigenvalue weighted by molar-refractivity contribution is 0.562. The molecule has 0 aliphatic rings. The van der Waals surface area contributed by atoms with E-state index in [0.29, 0.717) is 5.56 Å². The molecule has 2 heteroatoms. The number of rotatable bonds is 2. The molecule has 0 heterocycles. The van der Waals surface area contributed by atoms with Crippen LogP contribution in [0.5, 0.6) is 0 Å². The average molecular weight is 199 g/mol. The fourth-order valence-electron chi connectivity index (χ4n) is 1.43. The lowest BCUT2D eigenvalue weighted by Crippen LogP contribution is -1.87. The largest absolute Gasteiger partial charge is 0.285 e. The van der Waals surface area contributed by atoms with Crippen molar-refractivity contribution < 1.29 is 9.18 Å². The smallest absolute Gasteiger partial charge is 0.233 e. The minimum Gasteiger partial charge on any atom is -0.285 e. The molecule has 0 N–H and O–H groups in total. The number of hydrogen-bond acceptors (Lipinski definition) is 1. The summed E-state index contributed by atoms with van der Waals surface area (Å²) in [7, 11) is 0. The number of carbonyl (C=O) groups excluding carboxylic acids is 1. The first-order valence-corrected chi connectivity index (χ1v) is 4.54. The van der Waals surface area contributed by atoms with E-state index in [2.05, 4.69) is 0 Å². The summed E-state index contributed by atoms with van der Waals surface area (Å²) in [5.74, 6) is -0.401. The molecule has 0 amide bonds. The maximum atomic E-state index is 13.5. The molecule has 0 unspecified atom stereocenters. The van der Waals surface area contributed by atoms with Crippen LogP contribution in [0.15, 0.2) is 48.5 Å². The number of hydrogen-bond donors (Lipinski definition) is 0. The zero-order valence-corrected chi connectivity index (χ0v) is 7.91. The zero-order valence-electron chi connectivity index (χ0n) is 7.91. The van der Waals surface area contributed by atoms with Crippen LogP contribution in [0.2, 0.25) is 0 Å². The Kier molecular flexibility index (Phi) is 2.59. The quantitative estimate of drug-likeness (QED) is 0.726. The van der Waals surface area contributed by atoms with Crippen molar-refractivity contribution in [3.8, 4) is 11.1 Å². The molecule has 0 aliphatic heterocycles. The van der Waals surface area contributed by atoms with Crippen molar-refractivity contribution in [1.29, 1.82) is 0 Å². The zero-order chi connectivity index (χ0) is 10.7. The van der Waals surface area contributed by atoms with Gasteiger partial charge in [-0.3, -0.25) is 4.79 Å². The van der Waals surface area contributed by atoms with Crippen LogP contribution in [0, 0.1) is 5.82 Å². The Labute approximate surface area is 87.2 Å². The average Bonchev–Trinajstić information content (AvgIpc) is 2.30. The third-order valence-corrected chi connectivity index (χ3v) is 2.17. The Balaban J connectivity index is 2.51. The van der Waals surface area contributed by atoms with Crippen LogP contribution in [0.25, 0.3) is 11.1 Å². The molecule has 15 heavy (non-hydrogen) atoms. The Morgan fingerprint density at radius 2 is 1.73 bits per heavy atom. The summed E-state index contributed by atoms with van der Waals surface area (Å²) in [4.78, 5) is 10.3. The van der Waals surface area contributed by atoms with Crippen molar-refractivity contribution >= 4 is 6.29 Å². The van der Waals surface area contributed by atoms with Gasteiger partial charge >= 0.3 is 0 Å². The highest BCUT2D eigenvalue weighted by molar-refractivity contribution is 5.77. The monoisotopic (exact) mass is 199 g/mol. The van der Waals surface area contributed by atoms with E-state index in [1.165, 1.54) is 6.07 Å². The van der Waals surface area contributed by atoms with Crippen LogP contribution < -0.4 is 0 Å². The first kappa shape index (κ1) is 9.59. The third kappa shape index (κ3) is 1.94. The number of halogens is 1. The second kappa shape index (κ2) is 4.05. The molecular formula is C13H8FO. The van der Waals surface area contributed by atoms with Gasteiger partial charge in [0.15, 0.2) is 0 Å². The Morgan fingerprint density at radius 3 is 2.33 bits per heavy atom. The molecule has 0 spiro atoms. The predicted molar refractivity (Wildman–Crippen MR) is 56.6 cm³/mol. The second-order valence-electron chi connectivity index (χ2n) is 3.16. The summed E-state index contributed by atoms with van der Waals surface area (Å²) in [5.41, 5.74) is 1.52. The van der Waals surface area contributed by atoms with Crippen molar-refractivity contribution in [3.05, 3.63) is 59.9 Å². The van der Waals surface area contributed by atoms with Crippen LogP contribution in [-0.4, -0.2) is 6.29 Å². The van der Waals surface area contributed by atoms with E-state index in [4.69, 9.17) is 0 Å².